The van der Waals surface area contributed by atoms with Gasteiger partial charge in [-0.25, -0.2) is 4.79 Å². The van der Waals surface area contributed by atoms with E-state index in [0.29, 0.717) is 13.1 Å². The molecule has 0 radical (unpaired) electrons. The van der Waals surface area contributed by atoms with Gasteiger partial charge < -0.3 is 14.4 Å². The highest BCUT2D eigenvalue weighted by molar-refractivity contribution is 5.76. The second-order valence-electron chi connectivity index (χ2n) is 8.93. The Bertz CT molecular complexity index is 719. The zero-order chi connectivity index (χ0) is 21.2. The molecule has 2 fully saturated rings. The lowest BCUT2D eigenvalue weighted by Gasteiger charge is -2.53. The Labute approximate surface area is 173 Å². The molecular formula is C22H33N3O4. The summed E-state index contributed by atoms with van der Waals surface area (Å²) in [5, 5.41) is 0. The maximum Gasteiger partial charge on any atom is 0.410 e. The van der Waals surface area contributed by atoms with E-state index in [0.717, 1.165) is 19.6 Å². The summed E-state index contributed by atoms with van der Waals surface area (Å²) < 4.78 is 10.6. The number of hydrogen-bond acceptors (Lipinski definition) is 6. The van der Waals surface area contributed by atoms with Crippen LogP contribution in [-0.2, 0) is 20.8 Å². The van der Waals surface area contributed by atoms with Crippen molar-refractivity contribution in [2.45, 2.75) is 58.0 Å². The largest absolute Gasteiger partial charge is 0.468 e. The lowest BCUT2D eigenvalue weighted by atomic mass is 9.95. The first-order valence-corrected chi connectivity index (χ1v) is 10.3. The molecule has 3 rings (SSSR count). The second kappa shape index (κ2) is 8.71. The van der Waals surface area contributed by atoms with Crippen molar-refractivity contribution in [3.8, 4) is 0 Å². The third-order valence-corrected chi connectivity index (χ3v) is 5.75. The van der Waals surface area contributed by atoms with Crippen LogP contribution in [0.15, 0.2) is 30.3 Å². The molecule has 3 atom stereocenters. The number of benzene rings is 1. The Morgan fingerprint density at radius 1 is 1.10 bits per heavy atom. The van der Waals surface area contributed by atoms with Crippen LogP contribution in [0, 0.1) is 0 Å². The molecule has 2 aliphatic heterocycles. The van der Waals surface area contributed by atoms with Gasteiger partial charge in [-0.1, -0.05) is 30.3 Å². The maximum absolute atomic E-state index is 12.5. The Balaban J connectivity index is 1.61. The van der Waals surface area contributed by atoms with Gasteiger partial charge >= 0.3 is 12.1 Å². The van der Waals surface area contributed by atoms with E-state index in [1.165, 1.54) is 12.7 Å². The van der Waals surface area contributed by atoms with E-state index < -0.39 is 5.60 Å². The zero-order valence-corrected chi connectivity index (χ0v) is 18.1. The molecule has 7 nitrogen and oxygen atoms in total. The Morgan fingerprint density at radius 2 is 1.79 bits per heavy atom. The van der Waals surface area contributed by atoms with Crippen LogP contribution in [0.1, 0.15) is 33.3 Å². The van der Waals surface area contributed by atoms with E-state index >= 15 is 0 Å². The number of amides is 1. The van der Waals surface area contributed by atoms with Crippen LogP contribution in [0.25, 0.3) is 0 Å². The molecule has 7 heteroatoms. The molecule has 1 amide bonds. The lowest BCUT2D eigenvalue weighted by molar-refractivity contribution is -0.152. The minimum Gasteiger partial charge on any atom is -0.468 e. The van der Waals surface area contributed by atoms with E-state index in [4.69, 9.17) is 9.47 Å². The third kappa shape index (κ3) is 5.08. The standard InChI is InChI=1S/C22H33N3O4/c1-16-18(15-25(16)21(27)29-22(2,3)4)24-12-11-23(19(14-24)20(26)28-5)13-17-9-7-6-8-10-17/h6-10,16,18-19H,11-15H2,1-5H3/t16-,18?,19?/m1/s1. The number of hydrogen-bond donors (Lipinski definition) is 0. The van der Waals surface area contributed by atoms with Gasteiger partial charge in [-0.3, -0.25) is 14.6 Å². The fourth-order valence-electron chi connectivity index (χ4n) is 4.08. The van der Waals surface area contributed by atoms with E-state index in [1.54, 1.807) is 4.90 Å². The Hall–Kier alpha value is -2.12. The van der Waals surface area contributed by atoms with Crippen molar-refractivity contribution in [3.05, 3.63) is 35.9 Å². The molecule has 29 heavy (non-hydrogen) atoms. The molecule has 2 saturated heterocycles. The summed E-state index contributed by atoms with van der Waals surface area (Å²) in [4.78, 5) is 31.1. The van der Waals surface area contributed by atoms with Gasteiger partial charge in [0.25, 0.3) is 0 Å². The van der Waals surface area contributed by atoms with Gasteiger partial charge in [0.2, 0.25) is 0 Å². The highest BCUT2D eigenvalue weighted by Crippen LogP contribution is 2.28. The van der Waals surface area contributed by atoms with E-state index in [9.17, 15) is 9.59 Å². The van der Waals surface area contributed by atoms with Crippen molar-refractivity contribution in [3.63, 3.8) is 0 Å². The predicted octanol–water partition coefficient (Wildman–Crippen LogP) is 2.35. The van der Waals surface area contributed by atoms with Crippen LogP contribution in [0.4, 0.5) is 4.79 Å². The highest BCUT2D eigenvalue weighted by atomic mass is 16.6. The summed E-state index contributed by atoms with van der Waals surface area (Å²) in [6, 6.07) is 10.2. The highest BCUT2D eigenvalue weighted by Gasteiger charge is 2.46. The van der Waals surface area contributed by atoms with Gasteiger partial charge in [0.15, 0.2) is 0 Å². The number of piperazine rings is 1. The third-order valence-electron chi connectivity index (χ3n) is 5.75. The molecule has 2 heterocycles. The van der Waals surface area contributed by atoms with Crippen molar-refractivity contribution in [1.29, 1.82) is 0 Å². The quantitative estimate of drug-likeness (QED) is 0.720. The van der Waals surface area contributed by atoms with Crippen LogP contribution in [0.5, 0.6) is 0 Å². The Kier molecular flexibility index (Phi) is 6.49. The first-order chi connectivity index (χ1) is 13.7. The number of rotatable bonds is 4. The number of methoxy groups -OCH3 is 1. The summed E-state index contributed by atoms with van der Waals surface area (Å²) in [5.74, 6) is -0.207. The lowest BCUT2D eigenvalue weighted by Crippen LogP contribution is -2.71. The molecule has 1 aromatic rings. The maximum atomic E-state index is 12.5. The fourth-order valence-corrected chi connectivity index (χ4v) is 4.08. The average Bonchev–Trinajstić information content (AvgIpc) is 2.66. The van der Waals surface area contributed by atoms with E-state index in [-0.39, 0.29) is 30.2 Å². The fraction of sp³-hybridized carbons (Fsp3) is 0.636. The number of likely N-dealkylation sites (tertiary alicyclic amines) is 1. The number of ether oxygens (including phenoxy) is 2. The van der Waals surface area contributed by atoms with Crippen molar-refractivity contribution in [2.24, 2.45) is 0 Å². The molecule has 0 N–H and O–H groups in total. The predicted molar refractivity (Wildman–Crippen MR) is 110 cm³/mol. The first-order valence-electron chi connectivity index (χ1n) is 10.3. The minimum absolute atomic E-state index is 0.0591. The summed E-state index contributed by atoms with van der Waals surface area (Å²) in [6.07, 6.45) is -0.270. The molecular weight excluding hydrogens is 370 g/mol. The van der Waals surface area contributed by atoms with Crippen molar-refractivity contribution in [2.75, 3.05) is 33.3 Å². The van der Waals surface area contributed by atoms with Gasteiger partial charge in [0.1, 0.15) is 11.6 Å². The van der Waals surface area contributed by atoms with Gasteiger partial charge in [-0.05, 0) is 33.3 Å². The van der Waals surface area contributed by atoms with Crippen molar-refractivity contribution >= 4 is 12.1 Å². The summed E-state index contributed by atoms with van der Waals surface area (Å²) in [7, 11) is 1.44. The molecule has 0 saturated carbocycles. The average molecular weight is 404 g/mol. The van der Waals surface area contributed by atoms with Crippen molar-refractivity contribution in [1.82, 2.24) is 14.7 Å². The molecule has 0 bridgehead atoms. The number of carbonyl (C=O) groups is 2. The topological polar surface area (TPSA) is 62.3 Å². The summed E-state index contributed by atoms with van der Waals surface area (Å²) in [5.41, 5.74) is 0.684. The summed E-state index contributed by atoms with van der Waals surface area (Å²) in [6.45, 7) is 11.3. The van der Waals surface area contributed by atoms with E-state index in [2.05, 4.69) is 21.9 Å². The molecule has 2 unspecified atom stereocenters. The minimum atomic E-state index is -0.499. The second-order valence-corrected chi connectivity index (χ2v) is 8.93. The van der Waals surface area contributed by atoms with Gasteiger partial charge in [-0.15, -0.1) is 0 Å². The molecule has 160 valence electrons. The smallest absolute Gasteiger partial charge is 0.410 e. The Morgan fingerprint density at radius 3 is 2.38 bits per heavy atom. The molecule has 2 aliphatic rings. The van der Waals surface area contributed by atoms with Crippen LogP contribution in [0.2, 0.25) is 0 Å². The monoisotopic (exact) mass is 403 g/mol. The first kappa shape index (κ1) is 21.6. The van der Waals surface area contributed by atoms with Gasteiger partial charge in [-0.2, -0.15) is 0 Å². The summed E-state index contributed by atoms with van der Waals surface area (Å²) >= 11 is 0. The molecule has 0 spiro atoms. The van der Waals surface area contributed by atoms with Gasteiger partial charge in [0, 0.05) is 44.8 Å². The molecule has 0 aliphatic carbocycles. The zero-order valence-electron chi connectivity index (χ0n) is 18.1. The van der Waals surface area contributed by atoms with E-state index in [1.807, 2.05) is 45.9 Å². The van der Waals surface area contributed by atoms with Crippen molar-refractivity contribution < 1.29 is 19.1 Å². The molecule has 0 aromatic heterocycles. The van der Waals surface area contributed by atoms with Crippen LogP contribution in [0.3, 0.4) is 0 Å². The number of carbonyl (C=O) groups excluding carboxylic acids is 2. The number of esters is 1. The van der Waals surface area contributed by atoms with Crippen LogP contribution < -0.4 is 0 Å². The van der Waals surface area contributed by atoms with Crippen LogP contribution >= 0.6 is 0 Å². The number of nitrogens with zero attached hydrogens (tertiary/aromatic N) is 3. The normalized spacial score (nSPS) is 26.0. The van der Waals surface area contributed by atoms with Gasteiger partial charge in [0.05, 0.1) is 7.11 Å². The SMILES string of the molecule is COC(=O)C1CN(C2CN(C(=O)OC(C)(C)C)[C@@H]2C)CCN1Cc1ccccc1. The van der Waals surface area contributed by atoms with Crippen LogP contribution in [-0.4, -0.2) is 83.8 Å². The molecule has 1 aromatic carbocycles.